The predicted octanol–water partition coefficient (Wildman–Crippen LogP) is 4.39. The summed E-state index contributed by atoms with van der Waals surface area (Å²) in [6.07, 6.45) is -0.102. The molecule has 0 spiro atoms. The minimum absolute atomic E-state index is 0.0861. The van der Waals surface area contributed by atoms with Gasteiger partial charge in [0.2, 0.25) is 0 Å². The van der Waals surface area contributed by atoms with E-state index in [4.69, 9.17) is 4.74 Å². The van der Waals surface area contributed by atoms with Gasteiger partial charge in [-0.2, -0.15) is 0 Å². The van der Waals surface area contributed by atoms with Gasteiger partial charge in [-0.1, -0.05) is 44.2 Å². The Kier molecular flexibility index (Phi) is 6.91. The second kappa shape index (κ2) is 8.94. The van der Waals surface area contributed by atoms with Crippen molar-refractivity contribution in [3.8, 4) is 0 Å². The van der Waals surface area contributed by atoms with Crippen LogP contribution in [0.25, 0.3) is 0 Å². The molecule has 6 heteroatoms. The number of thiazole rings is 1. The van der Waals surface area contributed by atoms with E-state index in [0.29, 0.717) is 10.6 Å². The van der Waals surface area contributed by atoms with E-state index in [1.165, 1.54) is 11.3 Å². The van der Waals surface area contributed by atoms with Gasteiger partial charge in [-0.25, -0.2) is 4.98 Å². The van der Waals surface area contributed by atoms with Crippen LogP contribution in [0.2, 0.25) is 0 Å². The molecule has 5 nitrogen and oxygen atoms in total. The molecular formula is C20H26N2O3S. The lowest BCUT2D eigenvalue weighted by Crippen LogP contribution is -2.31. The molecular weight excluding hydrogens is 348 g/mol. The van der Waals surface area contributed by atoms with Crippen LogP contribution < -0.4 is 5.32 Å². The monoisotopic (exact) mass is 374 g/mol. The number of nitrogens with one attached hydrogen (secondary N) is 1. The van der Waals surface area contributed by atoms with E-state index in [9.17, 15) is 9.59 Å². The summed E-state index contributed by atoms with van der Waals surface area (Å²) in [4.78, 5) is 30.0. The van der Waals surface area contributed by atoms with Gasteiger partial charge in [0.1, 0.15) is 4.88 Å². The highest BCUT2D eigenvalue weighted by Crippen LogP contribution is 2.26. The fourth-order valence-electron chi connectivity index (χ4n) is 2.51. The largest absolute Gasteiger partial charge is 0.463 e. The molecule has 1 unspecified atom stereocenters. The van der Waals surface area contributed by atoms with Crippen molar-refractivity contribution in [2.75, 3.05) is 0 Å². The normalized spacial score (nSPS) is 12.3. The van der Waals surface area contributed by atoms with Crippen molar-refractivity contribution in [3.05, 3.63) is 51.5 Å². The summed E-state index contributed by atoms with van der Waals surface area (Å²) in [6, 6.07) is 9.02. The molecule has 0 aliphatic rings. The van der Waals surface area contributed by atoms with Gasteiger partial charge in [0.05, 0.1) is 29.3 Å². The van der Waals surface area contributed by atoms with Crippen LogP contribution in [-0.4, -0.2) is 23.0 Å². The third-order valence-corrected chi connectivity index (χ3v) is 5.22. The number of aromatic nitrogens is 1. The second-order valence-electron chi connectivity index (χ2n) is 6.80. The van der Waals surface area contributed by atoms with Crippen molar-refractivity contribution in [3.63, 3.8) is 0 Å². The number of carbonyl (C=O) groups excluding carboxylic acids is 2. The first-order valence-electron chi connectivity index (χ1n) is 8.80. The Balaban J connectivity index is 2.20. The Labute approximate surface area is 158 Å². The zero-order valence-electron chi connectivity index (χ0n) is 15.9. The van der Waals surface area contributed by atoms with E-state index in [-0.39, 0.29) is 30.3 Å². The second-order valence-corrected chi connectivity index (χ2v) is 7.83. The minimum Gasteiger partial charge on any atom is -0.463 e. The van der Waals surface area contributed by atoms with Gasteiger partial charge in [-0.3, -0.25) is 9.59 Å². The molecule has 2 rings (SSSR count). The van der Waals surface area contributed by atoms with Gasteiger partial charge in [0.25, 0.3) is 5.91 Å². The van der Waals surface area contributed by atoms with Crippen molar-refractivity contribution >= 4 is 23.2 Å². The lowest BCUT2D eigenvalue weighted by atomic mass is 10.0. The molecule has 0 bridgehead atoms. The summed E-state index contributed by atoms with van der Waals surface area (Å²) in [5, 5.41) is 3.91. The summed E-state index contributed by atoms with van der Waals surface area (Å²) in [6.45, 7) is 9.55. The van der Waals surface area contributed by atoms with E-state index < -0.39 is 6.04 Å². The van der Waals surface area contributed by atoms with E-state index in [1.807, 2.05) is 51.1 Å². The smallest absolute Gasteiger partial charge is 0.308 e. The third-order valence-electron chi connectivity index (χ3n) is 3.76. The van der Waals surface area contributed by atoms with Crippen LogP contribution in [0.3, 0.4) is 0 Å². The summed E-state index contributed by atoms with van der Waals surface area (Å²) >= 11 is 1.40. The van der Waals surface area contributed by atoms with Crippen LogP contribution in [0.5, 0.6) is 0 Å². The Morgan fingerprint density at radius 1 is 1.15 bits per heavy atom. The average molecular weight is 375 g/mol. The van der Waals surface area contributed by atoms with Gasteiger partial charge in [0, 0.05) is 5.92 Å². The number of nitrogens with zero attached hydrogens (tertiary/aromatic N) is 1. The third kappa shape index (κ3) is 5.39. The molecule has 1 aromatic carbocycles. The molecule has 0 aliphatic carbocycles. The number of rotatable bonds is 7. The van der Waals surface area contributed by atoms with Crippen LogP contribution in [0.1, 0.15) is 72.0 Å². The van der Waals surface area contributed by atoms with Gasteiger partial charge in [0.15, 0.2) is 0 Å². The summed E-state index contributed by atoms with van der Waals surface area (Å²) in [7, 11) is 0. The van der Waals surface area contributed by atoms with Crippen molar-refractivity contribution < 1.29 is 14.3 Å². The maximum atomic E-state index is 12.8. The molecule has 26 heavy (non-hydrogen) atoms. The van der Waals surface area contributed by atoms with E-state index in [1.54, 1.807) is 0 Å². The average Bonchev–Trinajstić information content (AvgIpc) is 2.96. The number of benzene rings is 1. The SMILES string of the molecule is Cc1nc(C(C)C)sc1C(=O)NC(CC(=O)OC(C)C)c1ccccc1. The van der Waals surface area contributed by atoms with Crippen molar-refractivity contribution in [2.24, 2.45) is 0 Å². The molecule has 2 aromatic rings. The summed E-state index contributed by atoms with van der Waals surface area (Å²) < 4.78 is 5.25. The van der Waals surface area contributed by atoms with Crippen molar-refractivity contribution in [1.82, 2.24) is 10.3 Å². The lowest BCUT2D eigenvalue weighted by Gasteiger charge is -2.19. The first-order chi connectivity index (χ1) is 12.3. The van der Waals surface area contributed by atoms with Crippen molar-refractivity contribution in [2.45, 2.75) is 59.1 Å². The molecule has 0 fully saturated rings. The van der Waals surface area contributed by atoms with Crippen LogP contribution >= 0.6 is 11.3 Å². The molecule has 140 valence electrons. The van der Waals surface area contributed by atoms with E-state index in [2.05, 4.69) is 24.1 Å². The van der Waals surface area contributed by atoms with Crippen molar-refractivity contribution in [1.29, 1.82) is 0 Å². The Bertz CT molecular complexity index is 754. The Morgan fingerprint density at radius 3 is 2.35 bits per heavy atom. The molecule has 0 radical (unpaired) electrons. The predicted molar refractivity (Wildman–Crippen MR) is 103 cm³/mol. The lowest BCUT2D eigenvalue weighted by molar-refractivity contribution is -0.147. The fourth-order valence-corrected chi connectivity index (χ4v) is 3.49. The molecule has 1 heterocycles. The summed E-state index contributed by atoms with van der Waals surface area (Å²) in [5.41, 5.74) is 1.58. The number of amides is 1. The number of carbonyl (C=O) groups is 2. The minimum atomic E-state index is -0.445. The molecule has 1 N–H and O–H groups in total. The molecule has 0 saturated carbocycles. The van der Waals surface area contributed by atoms with Crippen LogP contribution in [0, 0.1) is 6.92 Å². The van der Waals surface area contributed by atoms with Crippen LogP contribution in [-0.2, 0) is 9.53 Å². The number of hydrogen-bond acceptors (Lipinski definition) is 5. The number of hydrogen-bond donors (Lipinski definition) is 1. The molecule has 1 aromatic heterocycles. The maximum absolute atomic E-state index is 12.8. The standard InChI is InChI=1S/C20H26N2O3S/c1-12(2)20-21-14(5)18(26-20)19(24)22-16(11-17(23)25-13(3)4)15-9-7-6-8-10-15/h6-10,12-13,16H,11H2,1-5H3,(H,22,24). The van der Waals surface area contributed by atoms with Crippen LogP contribution in [0.4, 0.5) is 0 Å². The van der Waals surface area contributed by atoms with Gasteiger partial charge in [-0.05, 0) is 26.3 Å². The molecule has 1 atom stereocenters. The highest BCUT2D eigenvalue weighted by Gasteiger charge is 2.23. The van der Waals surface area contributed by atoms with Gasteiger partial charge < -0.3 is 10.1 Å². The molecule has 1 amide bonds. The summed E-state index contributed by atoms with van der Waals surface area (Å²) in [5.74, 6) is -0.276. The van der Waals surface area contributed by atoms with E-state index in [0.717, 1.165) is 10.6 Å². The quantitative estimate of drug-likeness (QED) is 0.730. The highest BCUT2D eigenvalue weighted by atomic mass is 32.1. The molecule has 0 aliphatic heterocycles. The zero-order valence-corrected chi connectivity index (χ0v) is 16.7. The first-order valence-corrected chi connectivity index (χ1v) is 9.62. The zero-order chi connectivity index (χ0) is 19.3. The fraction of sp³-hybridized carbons (Fsp3) is 0.450. The van der Waals surface area contributed by atoms with Crippen LogP contribution in [0.15, 0.2) is 30.3 Å². The van der Waals surface area contributed by atoms with Gasteiger partial charge >= 0.3 is 5.97 Å². The van der Waals surface area contributed by atoms with Gasteiger partial charge in [-0.15, -0.1) is 11.3 Å². The number of esters is 1. The van der Waals surface area contributed by atoms with E-state index >= 15 is 0 Å². The Hall–Kier alpha value is -2.21. The Morgan fingerprint density at radius 2 is 1.81 bits per heavy atom. The topological polar surface area (TPSA) is 68.3 Å². The molecule has 0 saturated heterocycles. The number of aryl methyl sites for hydroxylation is 1. The first kappa shape index (κ1) is 20.1. The highest BCUT2D eigenvalue weighted by molar-refractivity contribution is 7.13. The number of ether oxygens (including phenoxy) is 1. The maximum Gasteiger partial charge on any atom is 0.308 e.